The van der Waals surface area contributed by atoms with Crippen LogP contribution in [0.25, 0.3) is 11.1 Å². The maximum absolute atomic E-state index is 11.0. The predicted octanol–water partition coefficient (Wildman–Crippen LogP) is 3.30. The smallest absolute Gasteiger partial charge is 0.308 e. The number of ether oxygens (including phenoxy) is 3. The Morgan fingerprint density at radius 2 is 1.75 bits per heavy atom. The molecular weight excluding hydrogens is 256 g/mol. The highest BCUT2D eigenvalue weighted by molar-refractivity contribution is 5.74. The van der Waals surface area contributed by atoms with Crippen molar-refractivity contribution in [1.82, 2.24) is 0 Å². The molecule has 0 fully saturated rings. The molecule has 0 N–H and O–H groups in total. The summed E-state index contributed by atoms with van der Waals surface area (Å²) in [6, 6.07) is 12.9. The second kappa shape index (κ2) is 6.10. The lowest BCUT2D eigenvalue weighted by Crippen LogP contribution is -2.01. The van der Waals surface area contributed by atoms with Gasteiger partial charge in [0.2, 0.25) is 0 Å². The van der Waals surface area contributed by atoms with Gasteiger partial charge in [0, 0.05) is 18.6 Å². The van der Waals surface area contributed by atoms with Gasteiger partial charge in [0.05, 0.1) is 14.2 Å². The van der Waals surface area contributed by atoms with Crippen molar-refractivity contribution in [2.45, 2.75) is 6.92 Å². The predicted molar refractivity (Wildman–Crippen MR) is 76.3 cm³/mol. The first kappa shape index (κ1) is 13.9. The van der Waals surface area contributed by atoms with E-state index in [1.54, 1.807) is 26.4 Å². The molecule has 2 aromatic carbocycles. The summed E-state index contributed by atoms with van der Waals surface area (Å²) in [5.74, 6) is 1.59. The van der Waals surface area contributed by atoms with Crippen molar-refractivity contribution in [3.63, 3.8) is 0 Å². The van der Waals surface area contributed by atoms with Crippen molar-refractivity contribution in [2.24, 2.45) is 0 Å². The van der Waals surface area contributed by atoms with Crippen molar-refractivity contribution < 1.29 is 19.0 Å². The Balaban J connectivity index is 2.42. The van der Waals surface area contributed by atoms with Crippen LogP contribution in [0.2, 0.25) is 0 Å². The van der Waals surface area contributed by atoms with Crippen molar-refractivity contribution >= 4 is 5.97 Å². The Hall–Kier alpha value is -2.49. The highest BCUT2D eigenvalue weighted by atomic mass is 16.5. The van der Waals surface area contributed by atoms with Gasteiger partial charge in [0.1, 0.15) is 17.2 Å². The minimum Gasteiger partial charge on any atom is -0.497 e. The van der Waals surface area contributed by atoms with Crippen LogP contribution in [0.4, 0.5) is 0 Å². The largest absolute Gasteiger partial charge is 0.497 e. The van der Waals surface area contributed by atoms with Gasteiger partial charge < -0.3 is 14.2 Å². The molecule has 0 aromatic heterocycles. The summed E-state index contributed by atoms with van der Waals surface area (Å²) < 4.78 is 15.6. The van der Waals surface area contributed by atoms with E-state index in [1.807, 2.05) is 30.3 Å². The lowest BCUT2D eigenvalue weighted by Gasteiger charge is -2.11. The Kier molecular flexibility index (Phi) is 4.25. The van der Waals surface area contributed by atoms with Crippen molar-refractivity contribution in [3.8, 4) is 28.4 Å². The van der Waals surface area contributed by atoms with Crippen LogP contribution < -0.4 is 14.2 Å². The Morgan fingerprint density at radius 1 is 0.950 bits per heavy atom. The fourth-order valence-corrected chi connectivity index (χ4v) is 1.93. The zero-order valence-corrected chi connectivity index (χ0v) is 11.7. The molecule has 0 spiro atoms. The van der Waals surface area contributed by atoms with E-state index < -0.39 is 0 Å². The maximum Gasteiger partial charge on any atom is 0.308 e. The van der Waals surface area contributed by atoms with Gasteiger partial charge in [-0.2, -0.15) is 0 Å². The monoisotopic (exact) mass is 272 g/mol. The minimum absolute atomic E-state index is 0.344. The average Bonchev–Trinajstić information content (AvgIpc) is 2.46. The first-order valence-corrected chi connectivity index (χ1v) is 6.15. The summed E-state index contributed by atoms with van der Waals surface area (Å²) in [5.41, 5.74) is 1.81. The van der Waals surface area contributed by atoms with Crippen molar-refractivity contribution in [2.75, 3.05) is 14.2 Å². The van der Waals surface area contributed by atoms with Gasteiger partial charge in [-0.25, -0.2) is 0 Å². The van der Waals surface area contributed by atoms with Crippen LogP contribution in [0.1, 0.15) is 6.92 Å². The van der Waals surface area contributed by atoms with Gasteiger partial charge in [-0.15, -0.1) is 0 Å². The highest BCUT2D eigenvalue weighted by Crippen LogP contribution is 2.34. The van der Waals surface area contributed by atoms with Crippen LogP contribution >= 0.6 is 0 Å². The van der Waals surface area contributed by atoms with Crippen molar-refractivity contribution in [3.05, 3.63) is 42.5 Å². The molecule has 20 heavy (non-hydrogen) atoms. The molecule has 0 saturated heterocycles. The Morgan fingerprint density at radius 3 is 2.40 bits per heavy atom. The number of methoxy groups -OCH3 is 2. The van der Waals surface area contributed by atoms with Crippen LogP contribution in [-0.2, 0) is 4.79 Å². The van der Waals surface area contributed by atoms with Crippen LogP contribution in [-0.4, -0.2) is 20.2 Å². The topological polar surface area (TPSA) is 44.8 Å². The average molecular weight is 272 g/mol. The normalized spacial score (nSPS) is 9.95. The number of hydrogen-bond donors (Lipinski definition) is 0. The molecule has 0 radical (unpaired) electrons. The van der Waals surface area contributed by atoms with Gasteiger partial charge in [-0.1, -0.05) is 12.1 Å². The number of carbonyl (C=O) groups excluding carboxylic acids is 1. The third-order valence-corrected chi connectivity index (χ3v) is 2.82. The molecule has 0 saturated carbocycles. The van der Waals surface area contributed by atoms with Gasteiger partial charge in [-0.3, -0.25) is 4.79 Å². The SMILES string of the molecule is COc1ccc(-c2cccc(OC(C)=O)c2)c(OC)c1. The van der Waals surface area contributed by atoms with E-state index in [0.717, 1.165) is 16.9 Å². The zero-order valence-electron chi connectivity index (χ0n) is 11.7. The number of benzene rings is 2. The molecule has 104 valence electrons. The summed E-state index contributed by atoms with van der Waals surface area (Å²) >= 11 is 0. The first-order chi connectivity index (χ1) is 9.63. The second-order valence-corrected chi connectivity index (χ2v) is 4.19. The molecule has 4 nitrogen and oxygen atoms in total. The fraction of sp³-hybridized carbons (Fsp3) is 0.188. The van der Waals surface area contributed by atoms with Gasteiger partial charge in [-0.05, 0) is 29.8 Å². The highest BCUT2D eigenvalue weighted by Gasteiger charge is 2.09. The Labute approximate surface area is 117 Å². The minimum atomic E-state index is -0.344. The number of rotatable bonds is 4. The lowest BCUT2D eigenvalue weighted by molar-refractivity contribution is -0.131. The molecule has 0 aliphatic rings. The maximum atomic E-state index is 11.0. The molecular formula is C16H16O4. The van der Waals surface area contributed by atoms with Crippen molar-refractivity contribution in [1.29, 1.82) is 0 Å². The third kappa shape index (κ3) is 3.09. The molecule has 0 aliphatic carbocycles. The fourth-order valence-electron chi connectivity index (χ4n) is 1.93. The van der Waals surface area contributed by atoms with Gasteiger partial charge >= 0.3 is 5.97 Å². The summed E-state index contributed by atoms with van der Waals surface area (Å²) in [4.78, 5) is 11.0. The van der Waals surface area contributed by atoms with E-state index in [9.17, 15) is 4.79 Å². The zero-order chi connectivity index (χ0) is 14.5. The third-order valence-electron chi connectivity index (χ3n) is 2.82. The standard InChI is InChI=1S/C16H16O4/c1-11(17)20-14-6-4-5-12(9-14)15-8-7-13(18-2)10-16(15)19-3/h4-10H,1-3H3. The van der Waals surface area contributed by atoms with Crippen LogP contribution in [0.3, 0.4) is 0 Å². The van der Waals surface area contributed by atoms with E-state index in [0.29, 0.717) is 11.5 Å². The summed E-state index contributed by atoms with van der Waals surface area (Å²) in [6.07, 6.45) is 0. The molecule has 0 atom stereocenters. The van der Waals surface area contributed by atoms with Crippen LogP contribution in [0, 0.1) is 0 Å². The molecule has 0 heterocycles. The van der Waals surface area contributed by atoms with Crippen LogP contribution in [0.15, 0.2) is 42.5 Å². The quantitative estimate of drug-likeness (QED) is 0.633. The van der Waals surface area contributed by atoms with E-state index >= 15 is 0 Å². The second-order valence-electron chi connectivity index (χ2n) is 4.19. The van der Waals surface area contributed by atoms with Gasteiger partial charge in [0.25, 0.3) is 0 Å². The number of esters is 1. The molecule has 0 amide bonds. The molecule has 0 unspecified atom stereocenters. The van der Waals surface area contributed by atoms with Crippen LogP contribution in [0.5, 0.6) is 17.2 Å². The molecule has 2 aromatic rings. The van der Waals surface area contributed by atoms with E-state index in [4.69, 9.17) is 14.2 Å². The molecule has 0 aliphatic heterocycles. The van der Waals surface area contributed by atoms with E-state index in [2.05, 4.69) is 0 Å². The van der Waals surface area contributed by atoms with E-state index in [-0.39, 0.29) is 5.97 Å². The van der Waals surface area contributed by atoms with Gasteiger partial charge in [0.15, 0.2) is 0 Å². The lowest BCUT2D eigenvalue weighted by atomic mass is 10.0. The Bertz CT molecular complexity index is 620. The number of hydrogen-bond acceptors (Lipinski definition) is 4. The molecule has 2 rings (SSSR count). The summed E-state index contributed by atoms with van der Waals surface area (Å²) in [6.45, 7) is 1.38. The molecule has 0 bridgehead atoms. The number of carbonyl (C=O) groups is 1. The first-order valence-electron chi connectivity index (χ1n) is 6.15. The summed E-state index contributed by atoms with van der Waals surface area (Å²) in [7, 11) is 3.21. The molecule has 4 heteroatoms. The summed E-state index contributed by atoms with van der Waals surface area (Å²) in [5, 5.41) is 0. The van der Waals surface area contributed by atoms with E-state index in [1.165, 1.54) is 6.92 Å².